The molecule has 0 unspecified atom stereocenters. The molecule has 0 saturated carbocycles. The predicted molar refractivity (Wildman–Crippen MR) is 90.8 cm³/mol. The number of halogens is 3. The summed E-state index contributed by atoms with van der Waals surface area (Å²) in [7, 11) is 0. The van der Waals surface area contributed by atoms with E-state index in [4.69, 9.17) is 11.6 Å². The van der Waals surface area contributed by atoms with Gasteiger partial charge in [0.05, 0.1) is 12.6 Å². The van der Waals surface area contributed by atoms with E-state index in [9.17, 15) is 13.6 Å². The zero-order valence-corrected chi connectivity index (χ0v) is 14.2. The normalized spacial score (nSPS) is 13.4. The van der Waals surface area contributed by atoms with Gasteiger partial charge in [-0.15, -0.1) is 0 Å². The summed E-state index contributed by atoms with van der Waals surface area (Å²) in [6, 6.07) is 10.0. The summed E-state index contributed by atoms with van der Waals surface area (Å²) in [5.41, 5.74) is 1.25. The topological polar surface area (TPSA) is 41.1 Å². The molecule has 2 aromatic carbocycles. The van der Waals surface area contributed by atoms with Crippen LogP contribution in [0.25, 0.3) is 0 Å². The second-order valence-corrected chi connectivity index (χ2v) is 6.05. The highest BCUT2D eigenvalue weighted by Gasteiger charge is 2.14. The molecule has 0 aliphatic heterocycles. The summed E-state index contributed by atoms with van der Waals surface area (Å²) in [6.07, 6.45) is 0. The van der Waals surface area contributed by atoms with Crippen molar-refractivity contribution < 1.29 is 13.6 Å². The minimum Gasteiger partial charge on any atom is -0.348 e. The Morgan fingerprint density at radius 3 is 2.38 bits per heavy atom. The number of benzene rings is 2. The van der Waals surface area contributed by atoms with E-state index in [2.05, 4.69) is 10.6 Å². The van der Waals surface area contributed by atoms with Gasteiger partial charge in [-0.3, -0.25) is 4.79 Å². The highest BCUT2D eigenvalue weighted by molar-refractivity contribution is 6.30. The Labute approximate surface area is 145 Å². The third kappa shape index (κ3) is 5.01. The minimum absolute atomic E-state index is 0.0237. The van der Waals surface area contributed by atoms with Gasteiger partial charge < -0.3 is 10.6 Å². The molecule has 2 atom stereocenters. The summed E-state index contributed by atoms with van der Waals surface area (Å²) in [6.45, 7) is 3.60. The van der Waals surface area contributed by atoms with Gasteiger partial charge in [0.15, 0.2) is 0 Å². The van der Waals surface area contributed by atoms with Gasteiger partial charge in [-0.2, -0.15) is 0 Å². The molecule has 0 fully saturated rings. The van der Waals surface area contributed by atoms with E-state index in [1.807, 2.05) is 19.1 Å². The highest BCUT2D eigenvalue weighted by Crippen LogP contribution is 2.18. The molecule has 24 heavy (non-hydrogen) atoms. The molecule has 1 amide bonds. The number of hydrogen-bond donors (Lipinski definition) is 2. The first kappa shape index (κ1) is 18.4. The molecule has 0 aliphatic rings. The molecule has 6 heteroatoms. The van der Waals surface area contributed by atoms with Gasteiger partial charge in [-0.05, 0) is 37.6 Å². The molecule has 0 spiro atoms. The quantitative estimate of drug-likeness (QED) is 0.820. The summed E-state index contributed by atoms with van der Waals surface area (Å²) >= 11 is 5.84. The molecule has 2 N–H and O–H groups in total. The number of amides is 1. The number of nitrogens with one attached hydrogen (secondary N) is 2. The molecule has 0 bridgehead atoms. The lowest BCUT2D eigenvalue weighted by Crippen LogP contribution is -2.36. The highest BCUT2D eigenvalue weighted by atomic mass is 35.5. The van der Waals surface area contributed by atoms with Crippen LogP contribution < -0.4 is 10.6 Å². The van der Waals surface area contributed by atoms with E-state index < -0.39 is 17.7 Å². The van der Waals surface area contributed by atoms with Crippen molar-refractivity contribution >= 4 is 17.5 Å². The number of carbonyl (C=O) groups is 1. The van der Waals surface area contributed by atoms with Gasteiger partial charge in [-0.1, -0.05) is 29.8 Å². The van der Waals surface area contributed by atoms with E-state index in [0.29, 0.717) is 10.6 Å². The molecule has 2 rings (SSSR count). The van der Waals surface area contributed by atoms with Crippen LogP contribution in [0.4, 0.5) is 8.78 Å². The second kappa shape index (κ2) is 8.22. The SMILES string of the molecule is C[C@H](NC(=O)CN[C@H](C)c1ccc(F)cc1F)c1ccc(Cl)cc1. The van der Waals surface area contributed by atoms with Gasteiger partial charge >= 0.3 is 0 Å². The standard InChI is InChI=1S/C18H19ClF2N2O/c1-11(13-3-5-14(19)6-4-13)23-18(24)10-22-12(2)16-8-7-15(20)9-17(16)21/h3-9,11-12,22H,10H2,1-2H3,(H,23,24)/t11-,12+/m0/s1. The van der Waals surface area contributed by atoms with Gasteiger partial charge in [-0.25, -0.2) is 8.78 Å². The Morgan fingerprint density at radius 1 is 1.08 bits per heavy atom. The molecule has 0 aromatic heterocycles. The molecule has 0 saturated heterocycles. The Balaban J connectivity index is 1.87. The third-order valence-electron chi connectivity index (χ3n) is 3.75. The van der Waals surface area contributed by atoms with Crippen molar-refractivity contribution in [3.8, 4) is 0 Å². The van der Waals surface area contributed by atoms with E-state index in [1.165, 1.54) is 12.1 Å². The zero-order chi connectivity index (χ0) is 17.7. The monoisotopic (exact) mass is 352 g/mol. The van der Waals surface area contributed by atoms with Crippen LogP contribution in [0.1, 0.15) is 37.1 Å². The Bertz CT molecular complexity index is 707. The Morgan fingerprint density at radius 2 is 1.75 bits per heavy atom. The zero-order valence-electron chi connectivity index (χ0n) is 13.4. The molecular weight excluding hydrogens is 334 g/mol. The van der Waals surface area contributed by atoms with Crippen molar-refractivity contribution in [2.75, 3.05) is 6.54 Å². The maximum absolute atomic E-state index is 13.7. The van der Waals surface area contributed by atoms with Crippen LogP contribution in [0.15, 0.2) is 42.5 Å². The second-order valence-electron chi connectivity index (χ2n) is 5.61. The lowest BCUT2D eigenvalue weighted by Gasteiger charge is -2.18. The lowest BCUT2D eigenvalue weighted by molar-refractivity contribution is -0.121. The van der Waals surface area contributed by atoms with E-state index in [-0.39, 0.29) is 18.5 Å². The summed E-state index contributed by atoms with van der Waals surface area (Å²) < 4.78 is 26.6. The van der Waals surface area contributed by atoms with Crippen molar-refractivity contribution in [1.82, 2.24) is 10.6 Å². The van der Waals surface area contributed by atoms with E-state index >= 15 is 0 Å². The Kier molecular flexibility index (Phi) is 6.29. The first-order valence-corrected chi connectivity index (χ1v) is 7.97. The largest absolute Gasteiger partial charge is 0.348 e. The maximum Gasteiger partial charge on any atom is 0.234 e. The van der Waals surface area contributed by atoms with E-state index in [0.717, 1.165) is 11.6 Å². The molecule has 0 radical (unpaired) electrons. The fourth-order valence-corrected chi connectivity index (χ4v) is 2.46. The smallest absolute Gasteiger partial charge is 0.234 e. The van der Waals surface area contributed by atoms with Crippen molar-refractivity contribution in [3.05, 3.63) is 70.2 Å². The average Bonchev–Trinajstić information content (AvgIpc) is 2.53. The van der Waals surface area contributed by atoms with Crippen molar-refractivity contribution in [3.63, 3.8) is 0 Å². The lowest BCUT2D eigenvalue weighted by atomic mass is 10.1. The van der Waals surface area contributed by atoms with Gasteiger partial charge in [0.1, 0.15) is 11.6 Å². The summed E-state index contributed by atoms with van der Waals surface area (Å²) in [4.78, 5) is 12.0. The first-order valence-electron chi connectivity index (χ1n) is 7.60. The number of hydrogen-bond acceptors (Lipinski definition) is 2. The Hall–Kier alpha value is -1.98. The van der Waals surface area contributed by atoms with Crippen molar-refractivity contribution in [2.24, 2.45) is 0 Å². The molecule has 0 heterocycles. The molecule has 128 valence electrons. The minimum atomic E-state index is -0.634. The van der Waals surface area contributed by atoms with Crippen LogP contribution in [0, 0.1) is 11.6 Å². The van der Waals surface area contributed by atoms with Crippen LogP contribution in [-0.4, -0.2) is 12.5 Å². The van der Waals surface area contributed by atoms with Crippen LogP contribution >= 0.6 is 11.6 Å². The van der Waals surface area contributed by atoms with Crippen LogP contribution in [0.5, 0.6) is 0 Å². The summed E-state index contributed by atoms with van der Waals surface area (Å²) in [5.74, 6) is -1.48. The maximum atomic E-state index is 13.7. The van der Waals surface area contributed by atoms with Crippen LogP contribution in [-0.2, 0) is 4.79 Å². The van der Waals surface area contributed by atoms with E-state index in [1.54, 1.807) is 19.1 Å². The molecule has 3 nitrogen and oxygen atoms in total. The number of rotatable bonds is 6. The van der Waals surface area contributed by atoms with Gasteiger partial charge in [0.2, 0.25) is 5.91 Å². The van der Waals surface area contributed by atoms with Crippen molar-refractivity contribution in [1.29, 1.82) is 0 Å². The molecule has 0 aliphatic carbocycles. The fraction of sp³-hybridized carbons (Fsp3) is 0.278. The van der Waals surface area contributed by atoms with Gasteiger partial charge in [0.25, 0.3) is 0 Å². The third-order valence-corrected chi connectivity index (χ3v) is 4.00. The van der Waals surface area contributed by atoms with Crippen molar-refractivity contribution in [2.45, 2.75) is 25.9 Å². The predicted octanol–water partition coefficient (Wildman–Crippen LogP) is 4.15. The average molecular weight is 353 g/mol. The summed E-state index contributed by atoms with van der Waals surface area (Å²) in [5, 5.41) is 6.41. The van der Waals surface area contributed by atoms with Crippen LogP contribution in [0.2, 0.25) is 5.02 Å². The fourth-order valence-electron chi connectivity index (χ4n) is 2.34. The molecule has 2 aromatic rings. The molecular formula is C18H19ClF2N2O. The first-order chi connectivity index (χ1) is 11.4. The van der Waals surface area contributed by atoms with Crippen LogP contribution in [0.3, 0.4) is 0 Å². The number of carbonyl (C=O) groups excluding carboxylic acids is 1. The van der Waals surface area contributed by atoms with Gasteiger partial charge in [0, 0.05) is 22.7 Å².